The van der Waals surface area contributed by atoms with Crippen molar-refractivity contribution in [2.75, 3.05) is 55.1 Å². The minimum atomic E-state index is -4.57. The molecule has 4 rings (SSSR count). The summed E-state index contributed by atoms with van der Waals surface area (Å²) in [7, 11) is 0. The van der Waals surface area contributed by atoms with Crippen molar-refractivity contribution < 1.29 is 32.5 Å². The number of ether oxygens (including phenoxy) is 2. The number of amides is 2. The molecule has 1 fully saturated rings. The maximum atomic E-state index is 12.8. The number of nitrogens with zero attached hydrogens (tertiary/aromatic N) is 3. The highest BCUT2D eigenvalue weighted by Gasteiger charge is 2.34. The van der Waals surface area contributed by atoms with Crippen LogP contribution in [0.15, 0.2) is 36.5 Å². The number of alkyl halides is 3. The van der Waals surface area contributed by atoms with Crippen molar-refractivity contribution in [1.82, 2.24) is 9.97 Å². The number of benzene rings is 1. The summed E-state index contributed by atoms with van der Waals surface area (Å²) in [5, 5.41) is 13.1. The van der Waals surface area contributed by atoms with Crippen molar-refractivity contribution >= 4 is 33.9 Å². The maximum Gasteiger partial charge on any atom is 0.443 e. The molecule has 1 aliphatic rings. The monoisotopic (exact) mass is 523 g/mol. The van der Waals surface area contributed by atoms with Crippen LogP contribution in [0.1, 0.15) is 10.6 Å². The van der Waals surface area contributed by atoms with E-state index in [9.17, 15) is 18.0 Å². The fourth-order valence-corrected chi connectivity index (χ4v) is 4.25. The van der Waals surface area contributed by atoms with E-state index in [-0.39, 0.29) is 18.2 Å². The normalized spacial score (nSPS) is 14.0. The molecule has 0 saturated carbocycles. The van der Waals surface area contributed by atoms with Gasteiger partial charge in [-0.15, -0.1) is 0 Å². The molecule has 192 valence electrons. The third-order valence-electron chi connectivity index (χ3n) is 5.26. The van der Waals surface area contributed by atoms with Gasteiger partial charge in [0.15, 0.2) is 5.01 Å². The van der Waals surface area contributed by atoms with E-state index in [2.05, 4.69) is 25.5 Å². The Morgan fingerprint density at radius 2 is 2.00 bits per heavy atom. The number of halogens is 3. The predicted octanol–water partition coefficient (Wildman–Crippen LogP) is 4.38. The quantitative estimate of drug-likeness (QED) is 0.422. The average molecular weight is 524 g/mol. The predicted molar refractivity (Wildman–Crippen MR) is 130 cm³/mol. The van der Waals surface area contributed by atoms with Crippen LogP contribution < -0.4 is 20.3 Å². The number of rotatable bonds is 7. The molecule has 13 heteroatoms. The molecule has 1 aliphatic heterocycles. The van der Waals surface area contributed by atoms with Gasteiger partial charge in [0, 0.05) is 24.8 Å². The van der Waals surface area contributed by atoms with Gasteiger partial charge in [-0.25, -0.2) is 9.78 Å². The molecular formula is C23H24F3N5O4S. The number of aliphatic hydroxyl groups excluding tert-OH is 1. The Morgan fingerprint density at radius 3 is 2.69 bits per heavy atom. The van der Waals surface area contributed by atoms with Gasteiger partial charge in [0.1, 0.15) is 17.4 Å². The highest BCUT2D eigenvalue weighted by atomic mass is 32.1. The van der Waals surface area contributed by atoms with Gasteiger partial charge in [0.05, 0.1) is 26.0 Å². The maximum absolute atomic E-state index is 12.8. The lowest BCUT2D eigenvalue weighted by Crippen LogP contribution is -2.36. The molecule has 0 bridgehead atoms. The van der Waals surface area contributed by atoms with Gasteiger partial charge in [-0.1, -0.05) is 17.4 Å². The van der Waals surface area contributed by atoms with Crippen LogP contribution in [0, 0.1) is 6.92 Å². The van der Waals surface area contributed by atoms with Crippen LogP contribution in [0.2, 0.25) is 0 Å². The van der Waals surface area contributed by atoms with Gasteiger partial charge in [0.2, 0.25) is 5.88 Å². The molecule has 3 aromatic rings. The second-order valence-corrected chi connectivity index (χ2v) is 8.89. The summed E-state index contributed by atoms with van der Waals surface area (Å²) >= 11 is 0.344. The number of hydrogen-bond donors (Lipinski definition) is 3. The molecule has 9 nitrogen and oxygen atoms in total. The van der Waals surface area contributed by atoms with Crippen LogP contribution in [-0.2, 0) is 10.9 Å². The first-order chi connectivity index (χ1) is 17.2. The number of thiazole rings is 1. The second kappa shape index (κ2) is 11.1. The third-order valence-corrected chi connectivity index (χ3v) is 6.21. The molecular weight excluding hydrogens is 499 g/mol. The van der Waals surface area contributed by atoms with Crippen LogP contribution in [0.3, 0.4) is 0 Å². The summed E-state index contributed by atoms with van der Waals surface area (Å²) < 4.78 is 49.3. The number of pyridine rings is 1. The number of aryl methyl sites for hydroxylation is 1. The molecule has 0 unspecified atom stereocenters. The van der Waals surface area contributed by atoms with Crippen LogP contribution in [0.5, 0.6) is 5.88 Å². The zero-order valence-electron chi connectivity index (χ0n) is 19.3. The summed E-state index contributed by atoms with van der Waals surface area (Å²) in [4.78, 5) is 22.3. The lowest BCUT2D eigenvalue weighted by Gasteiger charge is -2.28. The Kier molecular flexibility index (Phi) is 7.91. The van der Waals surface area contributed by atoms with Crippen LogP contribution >= 0.6 is 11.3 Å². The Hall–Kier alpha value is -3.42. The summed E-state index contributed by atoms with van der Waals surface area (Å²) in [6, 6.07) is 8.25. The van der Waals surface area contributed by atoms with E-state index in [1.165, 1.54) is 0 Å². The Balaban J connectivity index is 1.56. The Bertz CT molecular complexity index is 1210. The fourth-order valence-electron chi connectivity index (χ4n) is 3.57. The van der Waals surface area contributed by atoms with Crippen molar-refractivity contribution in [2.24, 2.45) is 0 Å². The second-order valence-electron chi connectivity index (χ2n) is 7.86. The highest BCUT2D eigenvalue weighted by molar-refractivity contribution is 7.16. The third kappa shape index (κ3) is 6.42. The van der Waals surface area contributed by atoms with Crippen molar-refractivity contribution in [1.29, 1.82) is 0 Å². The fraction of sp³-hybridized carbons (Fsp3) is 0.348. The van der Waals surface area contributed by atoms with Gasteiger partial charge < -0.3 is 24.8 Å². The lowest BCUT2D eigenvalue weighted by atomic mass is 10.0. The van der Waals surface area contributed by atoms with Crippen LogP contribution in [-0.4, -0.2) is 60.6 Å². The van der Waals surface area contributed by atoms with Crippen molar-refractivity contribution in [3.8, 4) is 17.0 Å². The smallest absolute Gasteiger partial charge is 0.443 e. The Labute approximate surface area is 208 Å². The van der Waals surface area contributed by atoms with Gasteiger partial charge >= 0.3 is 12.2 Å². The van der Waals surface area contributed by atoms with E-state index in [1.807, 2.05) is 19.1 Å². The number of anilines is 3. The first kappa shape index (κ1) is 25.7. The van der Waals surface area contributed by atoms with Crippen molar-refractivity contribution in [3.05, 3.63) is 47.1 Å². The van der Waals surface area contributed by atoms with Gasteiger partial charge in [-0.05, 0) is 41.8 Å². The number of carbonyl (C=O) groups is 1. The number of aliphatic hydroxyl groups is 1. The summed E-state index contributed by atoms with van der Waals surface area (Å²) in [6.07, 6.45) is -3.61. The van der Waals surface area contributed by atoms with E-state index < -0.39 is 17.2 Å². The first-order valence-corrected chi connectivity index (χ1v) is 11.8. The van der Waals surface area contributed by atoms with E-state index in [4.69, 9.17) is 14.6 Å². The van der Waals surface area contributed by atoms with Crippen LogP contribution in [0.25, 0.3) is 11.1 Å². The number of aromatic nitrogens is 2. The summed E-state index contributed by atoms with van der Waals surface area (Å²) in [5.74, 6) is 1.05. The molecule has 3 heterocycles. The molecule has 3 N–H and O–H groups in total. The molecule has 1 aromatic carbocycles. The molecule has 0 atom stereocenters. The van der Waals surface area contributed by atoms with E-state index >= 15 is 0 Å². The molecule has 2 amide bonds. The minimum Gasteiger partial charge on any atom is -0.475 e. The largest absolute Gasteiger partial charge is 0.475 e. The van der Waals surface area contributed by atoms with Crippen molar-refractivity contribution in [3.63, 3.8) is 0 Å². The zero-order chi connectivity index (χ0) is 25.7. The van der Waals surface area contributed by atoms with Gasteiger partial charge in [-0.2, -0.15) is 18.2 Å². The topological polar surface area (TPSA) is 109 Å². The average Bonchev–Trinajstić information content (AvgIpc) is 3.33. The molecule has 0 aliphatic carbocycles. The summed E-state index contributed by atoms with van der Waals surface area (Å²) in [6.45, 7) is 4.35. The van der Waals surface area contributed by atoms with E-state index in [0.29, 0.717) is 55.0 Å². The zero-order valence-corrected chi connectivity index (χ0v) is 20.1. The number of morpholine rings is 1. The number of nitrogens with one attached hydrogen (secondary N) is 2. The molecule has 36 heavy (non-hydrogen) atoms. The lowest BCUT2D eigenvalue weighted by molar-refractivity contribution is -0.137. The minimum absolute atomic E-state index is 0.0258. The van der Waals surface area contributed by atoms with Gasteiger partial charge in [0.25, 0.3) is 0 Å². The number of urea groups is 1. The van der Waals surface area contributed by atoms with Crippen molar-refractivity contribution in [2.45, 2.75) is 13.1 Å². The highest BCUT2D eigenvalue weighted by Crippen LogP contribution is 2.35. The molecule has 1 saturated heterocycles. The van der Waals surface area contributed by atoms with E-state index in [0.717, 1.165) is 22.9 Å². The Morgan fingerprint density at radius 1 is 1.22 bits per heavy atom. The van der Waals surface area contributed by atoms with E-state index in [1.54, 1.807) is 18.2 Å². The first-order valence-electron chi connectivity index (χ1n) is 11.0. The van der Waals surface area contributed by atoms with Crippen LogP contribution in [0.4, 0.5) is 34.5 Å². The molecule has 0 spiro atoms. The standard InChI is InChI=1S/C23H24F3N5O4S/c1-14-2-3-16(28-22(33)30-20-13-27-21(36-20)23(24,25)26)12-17(14)15-10-18(31-4-7-34-8-5-31)29-19(11-15)35-9-6-32/h2-3,10-13,32H,4-9H2,1H3,(H2,28,30,33). The SMILES string of the molecule is Cc1ccc(NC(=O)Nc2cnc(C(F)(F)F)s2)cc1-c1cc(OCCO)nc(N2CCOCC2)c1. The van der Waals surface area contributed by atoms with Gasteiger partial charge in [-0.3, -0.25) is 5.32 Å². The number of carbonyl (C=O) groups excluding carboxylic acids is 1. The number of hydrogen-bond acceptors (Lipinski definition) is 8. The molecule has 2 aromatic heterocycles. The molecule has 0 radical (unpaired) electrons. The summed E-state index contributed by atoms with van der Waals surface area (Å²) in [5.41, 5.74) is 2.95.